The van der Waals surface area contributed by atoms with Crippen LogP contribution >= 0.6 is 0 Å². The summed E-state index contributed by atoms with van der Waals surface area (Å²) in [4.78, 5) is 2.60. The summed E-state index contributed by atoms with van der Waals surface area (Å²) < 4.78 is 6.05. The van der Waals surface area contributed by atoms with E-state index < -0.39 is 0 Å². The van der Waals surface area contributed by atoms with Gasteiger partial charge in [-0.1, -0.05) is 20.3 Å². The molecule has 0 aromatic carbocycles. The van der Waals surface area contributed by atoms with Crippen molar-refractivity contribution >= 4 is 0 Å². The van der Waals surface area contributed by atoms with Crippen LogP contribution in [0.15, 0.2) is 10.5 Å². The molecule has 3 heteroatoms. The summed E-state index contributed by atoms with van der Waals surface area (Å²) in [5, 5.41) is 3.42. The molecule has 3 nitrogen and oxygen atoms in total. The van der Waals surface area contributed by atoms with Crippen LogP contribution in [0.1, 0.15) is 63.0 Å². The second-order valence-electron chi connectivity index (χ2n) is 6.02. The maximum absolute atomic E-state index is 6.05. The molecule has 2 heterocycles. The van der Waals surface area contributed by atoms with E-state index in [1.54, 1.807) is 0 Å². The fourth-order valence-electron chi connectivity index (χ4n) is 3.15. The molecule has 0 aliphatic carbocycles. The molecule has 2 rings (SSSR count). The topological polar surface area (TPSA) is 28.4 Å². The Labute approximate surface area is 123 Å². The highest BCUT2D eigenvalue weighted by Crippen LogP contribution is 2.23. The zero-order valence-corrected chi connectivity index (χ0v) is 13.4. The fourth-order valence-corrected chi connectivity index (χ4v) is 3.15. The van der Waals surface area contributed by atoms with Crippen LogP contribution in [-0.2, 0) is 13.1 Å². The first-order valence-corrected chi connectivity index (χ1v) is 8.27. The molecule has 1 saturated heterocycles. The number of nitrogens with one attached hydrogen (secondary N) is 1. The Morgan fingerprint density at radius 1 is 1.35 bits per heavy atom. The monoisotopic (exact) mass is 278 g/mol. The lowest BCUT2D eigenvalue weighted by Gasteiger charge is -2.34. The Kier molecular flexibility index (Phi) is 6.11. The third kappa shape index (κ3) is 4.10. The second-order valence-corrected chi connectivity index (χ2v) is 6.02. The molecule has 1 N–H and O–H groups in total. The highest BCUT2D eigenvalue weighted by molar-refractivity contribution is 5.20. The summed E-state index contributed by atoms with van der Waals surface area (Å²) in [6.45, 7) is 10.8. The van der Waals surface area contributed by atoms with Gasteiger partial charge in [-0.25, -0.2) is 0 Å². The normalized spacial score (nSPS) is 20.4. The molecule has 0 radical (unpaired) electrons. The highest BCUT2D eigenvalue weighted by atomic mass is 16.3. The molecule has 1 unspecified atom stereocenters. The van der Waals surface area contributed by atoms with E-state index in [9.17, 15) is 0 Å². The molecule has 0 spiro atoms. The van der Waals surface area contributed by atoms with E-state index in [-0.39, 0.29) is 0 Å². The van der Waals surface area contributed by atoms with E-state index in [1.807, 2.05) is 0 Å². The zero-order chi connectivity index (χ0) is 14.4. The number of hydrogen-bond acceptors (Lipinski definition) is 3. The molecule has 1 aromatic heterocycles. The van der Waals surface area contributed by atoms with Gasteiger partial charge in [-0.2, -0.15) is 0 Å². The molecule has 1 aromatic rings. The molecule has 114 valence electrons. The van der Waals surface area contributed by atoms with Gasteiger partial charge in [0.2, 0.25) is 0 Å². The van der Waals surface area contributed by atoms with Crippen molar-refractivity contribution in [2.75, 3.05) is 13.1 Å². The average Bonchev–Trinajstić information content (AvgIpc) is 2.80. The molecule has 1 aliphatic rings. The van der Waals surface area contributed by atoms with E-state index in [1.165, 1.54) is 44.2 Å². The van der Waals surface area contributed by atoms with Gasteiger partial charge in [-0.05, 0) is 57.3 Å². The van der Waals surface area contributed by atoms with Gasteiger partial charge in [-0.3, -0.25) is 4.90 Å². The Morgan fingerprint density at radius 2 is 2.20 bits per heavy atom. The Balaban J connectivity index is 1.93. The summed E-state index contributed by atoms with van der Waals surface area (Å²) in [7, 11) is 0. The number of hydrogen-bond donors (Lipinski definition) is 1. The van der Waals surface area contributed by atoms with Gasteiger partial charge in [0.25, 0.3) is 0 Å². The Hall–Kier alpha value is -0.800. The molecule has 20 heavy (non-hydrogen) atoms. The van der Waals surface area contributed by atoms with Crippen LogP contribution in [0.2, 0.25) is 0 Å². The van der Waals surface area contributed by atoms with Crippen LogP contribution in [0.5, 0.6) is 0 Å². The summed E-state index contributed by atoms with van der Waals surface area (Å²) in [6, 6.07) is 2.97. The van der Waals surface area contributed by atoms with Crippen molar-refractivity contribution in [2.45, 2.75) is 72.0 Å². The summed E-state index contributed by atoms with van der Waals surface area (Å²) in [5.74, 6) is 2.25. The minimum atomic E-state index is 0.746. The smallest absolute Gasteiger partial charge is 0.120 e. The standard InChI is InChI=1S/C17H30N2O/c1-4-9-18-12-17-14(3)11-16(20-17)13-19-10-7-6-8-15(19)5-2/h11,15,18H,4-10,12-13H2,1-3H3. The number of rotatable bonds is 7. The largest absolute Gasteiger partial charge is 0.463 e. The quantitative estimate of drug-likeness (QED) is 0.768. The van der Waals surface area contributed by atoms with Crippen molar-refractivity contribution in [3.63, 3.8) is 0 Å². The minimum absolute atomic E-state index is 0.746. The van der Waals surface area contributed by atoms with Gasteiger partial charge in [-0.15, -0.1) is 0 Å². The Bertz CT molecular complexity index is 400. The molecule has 1 aliphatic heterocycles. The van der Waals surface area contributed by atoms with E-state index in [0.29, 0.717) is 0 Å². The van der Waals surface area contributed by atoms with Crippen molar-refractivity contribution in [3.8, 4) is 0 Å². The van der Waals surface area contributed by atoms with Crippen LogP contribution in [0.4, 0.5) is 0 Å². The first-order valence-electron chi connectivity index (χ1n) is 8.27. The van der Waals surface area contributed by atoms with Crippen LogP contribution in [-0.4, -0.2) is 24.0 Å². The lowest BCUT2D eigenvalue weighted by molar-refractivity contribution is 0.125. The average molecular weight is 278 g/mol. The lowest BCUT2D eigenvalue weighted by Crippen LogP contribution is -2.38. The van der Waals surface area contributed by atoms with Crippen molar-refractivity contribution in [2.24, 2.45) is 0 Å². The maximum Gasteiger partial charge on any atom is 0.120 e. The number of aryl methyl sites for hydroxylation is 1. The number of piperidine rings is 1. The van der Waals surface area contributed by atoms with Crippen LogP contribution in [0.3, 0.4) is 0 Å². The summed E-state index contributed by atoms with van der Waals surface area (Å²) >= 11 is 0. The maximum atomic E-state index is 6.05. The van der Waals surface area contributed by atoms with Gasteiger partial charge < -0.3 is 9.73 Å². The fraction of sp³-hybridized carbons (Fsp3) is 0.765. The third-order valence-electron chi connectivity index (χ3n) is 4.36. The third-order valence-corrected chi connectivity index (χ3v) is 4.36. The van der Waals surface area contributed by atoms with Gasteiger partial charge in [0, 0.05) is 6.04 Å². The molecule has 1 fully saturated rings. The van der Waals surface area contributed by atoms with Crippen LogP contribution < -0.4 is 5.32 Å². The number of furan rings is 1. The van der Waals surface area contributed by atoms with E-state index in [4.69, 9.17) is 4.42 Å². The van der Waals surface area contributed by atoms with E-state index >= 15 is 0 Å². The SMILES string of the molecule is CCCNCc1oc(CN2CCCCC2CC)cc1C. The van der Waals surface area contributed by atoms with Crippen LogP contribution in [0.25, 0.3) is 0 Å². The predicted molar refractivity (Wildman–Crippen MR) is 83.8 cm³/mol. The van der Waals surface area contributed by atoms with Gasteiger partial charge >= 0.3 is 0 Å². The van der Waals surface area contributed by atoms with Crippen LogP contribution in [0, 0.1) is 6.92 Å². The first kappa shape index (κ1) is 15.6. The second kappa shape index (κ2) is 7.84. The molecular formula is C17H30N2O. The first-order chi connectivity index (χ1) is 9.74. The van der Waals surface area contributed by atoms with E-state index in [0.717, 1.165) is 37.2 Å². The van der Waals surface area contributed by atoms with Gasteiger partial charge in [0.15, 0.2) is 0 Å². The van der Waals surface area contributed by atoms with E-state index in [2.05, 4.69) is 37.1 Å². The lowest BCUT2D eigenvalue weighted by atomic mass is 10.00. The zero-order valence-electron chi connectivity index (χ0n) is 13.4. The minimum Gasteiger partial charge on any atom is -0.463 e. The number of nitrogens with zero attached hydrogens (tertiary/aromatic N) is 1. The molecule has 1 atom stereocenters. The summed E-state index contributed by atoms with van der Waals surface area (Å²) in [6.07, 6.45) is 6.49. The molecule has 0 amide bonds. The summed E-state index contributed by atoms with van der Waals surface area (Å²) in [5.41, 5.74) is 1.29. The van der Waals surface area contributed by atoms with Crippen molar-refractivity contribution in [1.82, 2.24) is 10.2 Å². The Morgan fingerprint density at radius 3 is 2.95 bits per heavy atom. The van der Waals surface area contributed by atoms with Gasteiger partial charge in [0.1, 0.15) is 11.5 Å². The highest BCUT2D eigenvalue weighted by Gasteiger charge is 2.22. The van der Waals surface area contributed by atoms with Crippen molar-refractivity contribution < 1.29 is 4.42 Å². The molecule has 0 bridgehead atoms. The predicted octanol–water partition coefficient (Wildman–Crippen LogP) is 3.85. The number of likely N-dealkylation sites (tertiary alicyclic amines) is 1. The van der Waals surface area contributed by atoms with Crippen molar-refractivity contribution in [1.29, 1.82) is 0 Å². The molecule has 0 saturated carbocycles. The van der Waals surface area contributed by atoms with Crippen molar-refractivity contribution in [3.05, 3.63) is 23.2 Å². The molecular weight excluding hydrogens is 248 g/mol. The van der Waals surface area contributed by atoms with Gasteiger partial charge in [0.05, 0.1) is 13.1 Å².